The predicted octanol–water partition coefficient (Wildman–Crippen LogP) is 2.88. The molecule has 0 aliphatic heterocycles. The zero-order valence-corrected chi connectivity index (χ0v) is 8.40. The zero-order chi connectivity index (χ0) is 10.0. The molecule has 0 bridgehead atoms. The van der Waals surface area contributed by atoms with Crippen molar-refractivity contribution in [3.63, 3.8) is 0 Å². The van der Waals surface area contributed by atoms with Gasteiger partial charge in [-0.15, -0.1) is 0 Å². The van der Waals surface area contributed by atoms with E-state index in [1.807, 2.05) is 6.92 Å². The van der Waals surface area contributed by atoms with Crippen LogP contribution in [0, 0.1) is 12.7 Å². The Labute approximate surface area is 82.2 Å². The Morgan fingerprint density at radius 1 is 1.54 bits per heavy atom. The molecule has 0 aromatic heterocycles. The molecule has 0 heterocycles. The molecule has 0 saturated heterocycles. The maximum atomic E-state index is 12.9. The second-order valence-corrected chi connectivity index (χ2v) is 3.61. The number of aliphatic hydroxyl groups is 1. The fourth-order valence-electron chi connectivity index (χ4n) is 1.29. The van der Waals surface area contributed by atoms with E-state index in [2.05, 4.69) is 0 Å². The summed E-state index contributed by atoms with van der Waals surface area (Å²) < 4.78 is 12.9. The molecule has 0 aliphatic carbocycles. The lowest BCUT2D eigenvalue weighted by Gasteiger charge is -2.12. The summed E-state index contributed by atoms with van der Waals surface area (Å²) in [5.74, 6) is -0.411. The van der Waals surface area contributed by atoms with E-state index in [9.17, 15) is 4.39 Å². The maximum absolute atomic E-state index is 12.9. The summed E-state index contributed by atoms with van der Waals surface area (Å²) in [6.07, 6.45) is 0. The van der Waals surface area contributed by atoms with Crippen molar-refractivity contribution in [2.75, 3.05) is 6.61 Å². The van der Waals surface area contributed by atoms with Crippen molar-refractivity contribution in [3.05, 3.63) is 34.1 Å². The van der Waals surface area contributed by atoms with Gasteiger partial charge in [0.2, 0.25) is 0 Å². The van der Waals surface area contributed by atoms with Crippen LogP contribution in [0.4, 0.5) is 4.39 Å². The van der Waals surface area contributed by atoms with E-state index in [0.29, 0.717) is 0 Å². The van der Waals surface area contributed by atoms with Gasteiger partial charge in [-0.2, -0.15) is 0 Å². The van der Waals surface area contributed by atoms with Crippen molar-refractivity contribution in [2.45, 2.75) is 19.8 Å². The molecule has 0 spiro atoms. The monoisotopic (exact) mass is 202 g/mol. The van der Waals surface area contributed by atoms with Gasteiger partial charge < -0.3 is 5.11 Å². The first-order chi connectivity index (χ1) is 6.06. The van der Waals surface area contributed by atoms with E-state index in [1.165, 1.54) is 6.07 Å². The number of hydrogen-bond acceptors (Lipinski definition) is 1. The van der Waals surface area contributed by atoms with Gasteiger partial charge in [0, 0.05) is 12.5 Å². The van der Waals surface area contributed by atoms with Crippen LogP contribution >= 0.6 is 11.6 Å². The molecule has 0 radical (unpaired) electrons. The molecule has 1 rings (SSSR count). The van der Waals surface area contributed by atoms with Crippen LogP contribution in [-0.2, 0) is 0 Å². The summed E-state index contributed by atoms with van der Waals surface area (Å²) in [6, 6.07) is 2.97. The van der Waals surface area contributed by atoms with Crippen LogP contribution in [0.3, 0.4) is 0 Å². The summed E-state index contributed by atoms with van der Waals surface area (Å²) in [7, 11) is 0. The average molecular weight is 203 g/mol. The van der Waals surface area contributed by atoms with Gasteiger partial charge in [-0.3, -0.25) is 0 Å². The lowest BCUT2D eigenvalue weighted by Crippen LogP contribution is -2.02. The Morgan fingerprint density at radius 2 is 2.15 bits per heavy atom. The number of aliphatic hydroxyl groups excluding tert-OH is 1. The smallest absolute Gasteiger partial charge is 0.142 e. The summed E-state index contributed by atoms with van der Waals surface area (Å²) in [6.45, 7) is 3.72. The van der Waals surface area contributed by atoms with Gasteiger partial charge in [-0.25, -0.2) is 4.39 Å². The predicted molar refractivity (Wildman–Crippen MR) is 51.6 cm³/mol. The van der Waals surface area contributed by atoms with E-state index in [0.717, 1.165) is 11.1 Å². The van der Waals surface area contributed by atoms with E-state index in [-0.39, 0.29) is 17.5 Å². The van der Waals surface area contributed by atoms with Crippen molar-refractivity contribution in [1.82, 2.24) is 0 Å². The van der Waals surface area contributed by atoms with E-state index in [4.69, 9.17) is 16.7 Å². The Morgan fingerprint density at radius 3 is 2.69 bits per heavy atom. The minimum absolute atomic E-state index is 0.00176. The molecule has 0 amide bonds. The van der Waals surface area contributed by atoms with Gasteiger partial charge in [0.15, 0.2) is 0 Å². The van der Waals surface area contributed by atoms with Crippen molar-refractivity contribution in [3.8, 4) is 0 Å². The van der Waals surface area contributed by atoms with Gasteiger partial charge in [0.1, 0.15) is 5.82 Å². The third-order valence-corrected chi connectivity index (χ3v) is 2.40. The SMILES string of the molecule is Cc1cc(F)c(Cl)cc1C(C)CO. The highest BCUT2D eigenvalue weighted by atomic mass is 35.5. The van der Waals surface area contributed by atoms with Crippen molar-refractivity contribution < 1.29 is 9.50 Å². The quantitative estimate of drug-likeness (QED) is 0.782. The molecule has 1 aromatic rings. The molecular formula is C10H12ClFO. The Bertz CT molecular complexity index is 312. The highest BCUT2D eigenvalue weighted by Crippen LogP contribution is 2.25. The fourth-order valence-corrected chi connectivity index (χ4v) is 1.46. The van der Waals surface area contributed by atoms with Gasteiger partial charge in [0.05, 0.1) is 5.02 Å². The molecule has 0 fully saturated rings. The van der Waals surface area contributed by atoms with Crippen molar-refractivity contribution in [1.29, 1.82) is 0 Å². The molecule has 1 aromatic carbocycles. The second-order valence-electron chi connectivity index (χ2n) is 3.21. The van der Waals surface area contributed by atoms with Gasteiger partial charge in [0.25, 0.3) is 0 Å². The van der Waals surface area contributed by atoms with Crippen LogP contribution in [-0.4, -0.2) is 11.7 Å². The van der Waals surface area contributed by atoms with Crippen molar-refractivity contribution in [2.24, 2.45) is 0 Å². The van der Waals surface area contributed by atoms with Gasteiger partial charge in [-0.1, -0.05) is 18.5 Å². The number of benzene rings is 1. The van der Waals surface area contributed by atoms with Crippen LogP contribution in [0.1, 0.15) is 24.0 Å². The largest absolute Gasteiger partial charge is 0.396 e. The Hall–Kier alpha value is -0.600. The average Bonchev–Trinajstić information content (AvgIpc) is 2.10. The number of aryl methyl sites for hydroxylation is 1. The van der Waals surface area contributed by atoms with E-state index >= 15 is 0 Å². The topological polar surface area (TPSA) is 20.2 Å². The normalized spacial score (nSPS) is 13.0. The van der Waals surface area contributed by atoms with Crippen LogP contribution in [0.5, 0.6) is 0 Å². The van der Waals surface area contributed by atoms with Crippen molar-refractivity contribution >= 4 is 11.6 Å². The lowest BCUT2D eigenvalue weighted by atomic mass is 9.97. The first kappa shape index (κ1) is 10.5. The molecule has 1 nitrogen and oxygen atoms in total. The van der Waals surface area contributed by atoms with E-state index in [1.54, 1.807) is 13.0 Å². The minimum Gasteiger partial charge on any atom is -0.396 e. The van der Waals surface area contributed by atoms with Gasteiger partial charge in [-0.05, 0) is 30.2 Å². The molecule has 1 N–H and O–H groups in total. The molecule has 13 heavy (non-hydrogen) atoms. The lowest BCUT2D eigenvalue weighted by molar-refractivity contribution is 0.272. The molecular weight excluding hydrogens is 191 g/mol. The Balaban J connectivity index is 3.15. The summed E-state index contributed by atoms with van der Waals surface area (Å²) in [5.41, 5.74) is 1.72. The molecule has 0 aliphatic rings. The summed E-state index contributed by atoms with van der Waals surface area (Å²) in [5, 5.41) is 9.05. The maximum Gasteiger partial charge on any atom is 0.142 e. The molecule has 1 atom stereocenters. The first-order valence-corrected chi connectivity index (χ1v) is 4.50. The van der Waals surface area contributed by atoms with E-state index < -0.39 is 5.82 Å². The standard InChI is InChI=1S/C10H12ClFO/c1-6-3-10(12)9(11)4-8(6)7(2)5-13/h3-4,7,13H,5H2,1-2H3. The van der Waals surface area contributed by atoms with Crippen LogP contribution in [0.15, 0.2) is 12.1 Å². The summed E-state index contributed by atoms with van der Waals surface area (Å²) in [4.78, 5) is 0. The van der Waals surface area contributed by atoms with Crippen LogP contribution < -0.4 is 0 Å². The summed E-state index contributed by atoms with van der Waals surface area (Å²) >= 11 is 5.63. The van der Waals surface area contributed by atoms with Crippen LogP contribution in [0.2, 0.25) is 5.02 Å². The van der Waals surface area contributed by atoms with Gasteiger partial charge >= 0.3 is 0 Å². The first-order valence-electron chi connectivity index (χ1n) is 4.12. The molecule has 72 valence electrons. The highest BCUT2D eigenvalue weighted by Gasteiger charge is 2.10. The molecule has 0 saturated carbocycles. The molecule has 1 unspecified atom stereocenters. The van der Waals surface area contributed by atoms with Crippen LogP contribution in [0.25, 0.3) is 0 Å². The second kappa shape index (κ2) is 4.07. The third-order valence-electron chi connectivity index (χ3n) is 2.11. The number of halogens is 2. The minimum atomic E-state index is -0.409. The Kier molecular flexibility index (Phi) is 3.28. The third kappa shape index (κ3) is 2.20. The molecule has 3 heteroatoms. The number of rotatable bonds is 2. The zero-order valence-electron chi connectivity index (χ0n) is 7.64. The highest BCUT2D eigenvalue weighted by molar-refractivity contribution is 6.30. The fraction of sp³-hybridized carbons (Fsp3) is 0.400. The number of hydrogen-bond donors (Lipinski definition) is 1.